The van der Waals surface area contributed by atoms with Gasteiger partial charge in [0.1, 0.15) is 0 Å². The minimum atomic E-state index is -0.465. The Morgan fingerprint density at radius 2 is 1.86 bits per heavy atom. The number of phenolic OH excluding ortho intramolecular Hbond substituents is 2. The van der Waals surface area contributed by atoms with Crippen molar-refractivity contribution in [2.75, 3.05) is 11.9 Å². The average molecular weight is 286 g/mol. The molecule has 1 amide bonds. The van der Waals surface area contributed by atoms with Crippen LogP contribution in [0.2, 0.25) is 0 Å². The molecule has 110 valence electrons. The molecule has 5 heteroatoms. The fourth-order valence-corrected chi connectivity index (χ4v) is 1.96. The molecule has 0 heterocycles. The molecule has 0 saturated carbocycles. The summed E-state index contributed by atoms with van der Waals surface area (Å²) in [6.45, 7) is 3.47. The fourth-order valence-electron chi connectivity index (χ4n) is 1.96. The van der Waals surface area contributed by atoms with Crippen molar-refractivity contribution in [3.63, 3.8) is 0 Å². The largest absolute Gasteiger partial charge is 0.504 e. The van der Waals surface area contributed by atoms with Gasteiger partial charge in [0.2, 0.25) is 0 Å². The molecule has 0 bridgehead atoms. The van der Waals surface area contributed by atoms with E-state index in [0.29, 0.717) is 12.2 Å². The Kier molecular flexibility index (Phi) is 4.79. The van der Waals surface area contributed by atoms with Gasteiger partial charge in [0.15, 0.2) is 11.5 Å². The van der Waals surface area contributed by atoms with E-state index < -0.39 is 11.7 Å². The van der Waals surface area contributed by atoms with E-state index in [1.54, 1.807) is 6.07 Å². The summed E-state index contributed by atoms with van der Waals surface area (Å²) in [5, 5.41) is 25.1. The van der Waals surface area contributed by atoms with Crippen LogP contribution in [-0.4, -0.2) is 22.7 Å². The first kappa shape index (κ1) is 14.9. The molecule has 0 unspecified atom stereocenters. The third kappa shape index (κ3) is 3.52. The highest BCUT2D eigenvalue weighted by atomic mass is 16.3. The summed E-state index contributed by atoms with van der Waals surface area (Å²) in [6, 6.07) is 11.7. The number of carbonyl (C=O) groups is 1. The molecule has 0 fully saturated rings. The van der Waals surface area contributed by atoms with Crippen LogP contribution >= 0.6 is 0 Å². The number of amides is 1. The van der Waals surface area contributed by atoms with Crippen LogP contribution in [0.1, 0.15) is 22.8 Å². The second-order valence-electron chi connectivity index (χ2n) is 4.56. The second kappa shape index (κ2) is 6.76. The van der Waals surface area contributed by atoms with E-state index in [1.165, 1.54) is 18.2 Å². The van der Waals surface area contributed by atoms with Gasteiger partial charge in [-0.25, -0.2) is 0 Å². The van der Waals surface area contributed by atoms with E-state index in [9.17, 15) is 15.0 Å². The Morgan fingerprint density at radius 3 is 2.62 bits per heavy atom. The Labute approximate surface area is 123 Å². The maximum atomic E-state index is 12.2. The summed E-state index contributed by atoms with van der Waals surface area (Å²) < 4.78 is 0. The van der Waals surface area contributed by atoms with Crippen molar-refractivity contribution in [1.29, 1.82) is 0 Å². The molecular formula is C16H18N2O3. The van der Waals surface area contributed by atoms with Crippen LogP contribution in [0, 0.1) is 0 Å². The lowest BCUT2D eigenvalue weighted by Crippen LogP contribution is -2.17. The number of para-hydroxylation sites is 2. The predicted molar refractivity (Wildman–Crippen MR) is 81.5 cm³/mol. The molecule has 0 aromatic heterocycles. The average Bonchev–Trinajstić information content (AvgIpc) is 2.49. The Balaban J connectivity index is 2.22. The Bertz CT molecular complexity index is 641. The standard InChI is InChI=1S/C16H18N2O3/c1-2-17-10-11-6-3-4-8-13(11)18-16(21)12-7-5-9-14(19)15(12)20/h3-9,17,19-20H,2,10H2,1H3,(H,18,21). The monoisotopic (exact) mass is 286 g/mol. The van der Waals surface area contributed by atoms with E-state index in [2.05, 4.69) is 10.6 Å². The predicted octanol–water partition coefficient (Wildman–Crippen LogP) is 2.46. The number of hydrogen-bond acceptors (Lipinski definition) is 4. The van der Waals surface area contributed by atoms with E-state index >= 15 is 0 Å². The number of phenols is 2. The fraction of sp³-hybridized carbons (Fsp3) is 0.188. The highest BCUT2D eigenvalue weighted by Gasteiger charge is 2.15. The van der Waals surface area contributed by atoms with E-state index in [-0.39, 0.29) is 11.3 Å². The van der Waals surface area contributed by atoms with Crippen molar-refractivity contribution >= 4 is 11.6 Å². The van der Waals surface area contributed by atoms with Crippen LogP contribution in [0.25, 0.3) is 0 Å². The molecule has 0 saturated heterocycles. The zero-order valence-corrected chi connectivity index (χ0v) is 11.8. The molecule has 4 N–H and O–H groups in total. The molecule has 2 aromatic rings. The zero-order chi connectivity index (χ0) is 15.2. The van der Waals surface area contributed by atoms with Crippen molar-refractivity contribution in [1.82, 2.24) is 5.32 Å². The summed E-state index contributed by atoms with van der Waals surface area (Å²) in [6.07, 6.45) is 0. The van der Waals surface area contributed by atoms with E-state index in [1.807, 2.05) is 25.1 Å². The van der Waals surface area contributed by atoms with Gasteiger partial charge in [-0.1, -0.05) is 31.2 Å². The number of benzene rings is 2. The minimum Gasteiger partial charge on any atom is -0.504 e. The molecule has 0 aliphatic carbocycles. The van der Waals surface area contributed by atoms with Gasteiger partial charge >= 0.3 is 0 Å². The van der Waals surface area contributed by atoms with Crippen LogP contribution in [-0.2, 0) is 6.54 Å². The van der Waals surface area contributed by atoms with Gasteiger partial charge in [0, 0.05) is 12.2 Å². The summed E-state index contributed by atoms with van der Waals surface area (Å²) >= 11 is 0. The first-order valence-corrected chi connectivity index (χ1v) is 6.74. The molecule has 0 radical (unpaired) electrons. The summed E-state index contributed by atoms with van der Waals surface area (Å²) in [5.41, 5.74) is 1.66. The van der Waals surface area contributed by atoms with E-state index in [0.717, 1.165) is 12.1 Å². The van der Waals surface area contributed by atoms with Crippen molar-refractivity contribution in [2.24, 2.45) is 0 Å². The lowest BCUT2D eigenvalue weighted by molar-refractivity contribution is 0.102. The molecule has 0 aliphatic rings. The van der Waals surface area contributed by atoms with Crippen molar-refractivity contribution in [2.45, 2.75) is 13.5 Å². The molecule has 2 aromatic carbocycles. The Morgan fingerprint density at radius 1 is 1.10 bits per heavy atom. The van der Waals surface area contributed by atoms with Crippen molar-refractivity contribution in [3.8, 4) is 11.5 Å². The number of hydrogen-bond donors (Lipinski definition) is 4. The molecule has 0 atom stereocenters. The topological polar surface area (TPSA) is 81.6 Å². The second-order valence-corrected chi connectivity index (χ2v) is 4.56. The first-order chi connectivity index (χ1) is 10.1. The molecule has 5 nitrogen and oxygen atoms in total. The molecule has 2 rings (SSSR count). The normalized spacial score (nSPS) is 10.3. The van der Waals surface area contributed by atoms with Gasteiger partial charge in [-0.05, 0) is 30.3 Å². The number of aromatic hydroxyl groups is 2. The molecule has 21 heavy (non-hydrogen) atoms. The van der Waals surface area contributed by atoms with Gasteiger partial charge in [0.05, 0.1) is 5.56 Å². The first-order valence-electron chi connectivity index (χ1n) is 6.74. The zero-order valence-electron chi connectivity index (χ0n) is 11.8. The third-order valence-electron chi connectivity index (χ3n) is 3.09. The summed E-state index contributed by atoms with van der Waals surface area (Å²) in [7, 11) is 0. The van der Waals surface area contributed by atoms with Gasteiger partial charge in [-0.3, -0.25) is 4.79 Å². The van der Waals surface area contributed by atoms with Crippen molar-refractivity contribution < 1.29 is 15.0 Å². The molecule has 0 aliphatic heterocycles. The maximum Gasteiger partial charge on any atom is 0.259 e. The molecular weight excluding hydrogens is 268 g/mol. The van der Waals surface area contributed by atoms with Crippen LogP contribution in [0.4, 0.5) is 5.69 Å². The van der Waals surface area contributed by atoms with Crippen LogP contribution in [0.3, 0.4) is 0 Å². The highest BCUT2D eigenvalue weighted by molar-refractivity contribution is 6.06. The lowest BCUT2D eigenvalue weighted by Gasteiger charge is -2.12. The van der Waals surface area contributed by atoms with E-state index in [4.69, 9.17) is 0 Å². The Hall–Kier alpha value is -2.53. The quantitative estimate of drug-likeness (QED) is 0.636. The molecule has 0 spiro atoms. The highest BCUT2D eigenvalue weighted by Crippen LogP contribution is 2.29. The minimum absolute atomic E-state index is 0.0354. The van der Waals surface area contributed by atoms with Gasteiger partial charge in [0.25, 0.3) is 5.91 Å². The maximum absolute atomic E-state index is 12.2. The third-order valence-corrected chi connectivity index (χ3v) is 3.09. The summed E-state index contributed by atoms with van der Waals surface area (Å²) in [4.78, 5) is 12.2. The lowest BCUT2D eigenvalue weighted by atomic mass is 10.1. The van der Waals surface area contributed by atoms with Gasteiger partial charge in [-0.2, -0.15) is 0 Å². The number of carbonyl (C=O) groups excluding carboxylic acids is 1. The number of anilines is 1. The van der Waals surface area contributed by atoms with Crippen LogP contribution in [0.15, 0.2) is 42.5 Å². The smallest absolute Gasteiger partial charge is 0.259 e. The number of rotatable bonds is 5. The van der Waals surface area contributed by atoms with Gasteiger partial charge < -0.3 is 20.8 Å². The SMILES string of the molecule is CCNCc1ccccc1NC(=O)c1cccc(O)c1O. The van der Waals surface area contributed by atoms with Gasteiger partial charge in [-0.15, -0.1) is 0 Å². The van der Waals surface area contributed by atoms with Crippen LogP contribution in [0.5, 0.6) is 11.5 Å². The van der Waals surface area contributed by atoms with Crippen molar-refractivity contribution in [3.05, 3.63) is 53.6 Å². The summed E-state index contributed by atoms with van der Waals surface area (Å²) in [5.74, 6) is -1.20. The van der Waals surface area contributed by atoms with Crippen LogP contribution < -0.4 is 10.6 Å². The number of nitrogens with one attached hydrogen (secondary N) is 2.